The number of ether oxygens (including phenoxy) is 1. The minimum Gasteiger partial charge on any atom is -0.393 e. The van der Waals surface area contributed by atoms with Crippen LogP contribution in [-0.4, -0.2) is 17.7 Å². The average molecular weight is 224 g/mol. The fourth-order valence-electron chi connectivity index (χ4n) is 1.21. The maximum Gasteiger partial charge on any atom is 0.321 e. The molecular weight excluding hydrogens is 212 g/mol. The van der Waals surface area contributed by atoms with Gasteiger partial charge in [-0.15, -0.1) is 0 Å². The van der Waals surface area contributed by atoms with Crippen molar-refractivity contribution in [2.45, 2.75) is 12.8 Å². The van der Waals surface area contributed by atoms with Crippen LogP contribution in [0, 0.1) is 0 Å². The lowest BCUT2D eigenvalue weighted by Gasteiger charge is -2.11. The van der Waals surface area contributed by atoms with Gasteiger partial charge in [0.25, 0.3) is 0 Å². The van der Waals surface area contributed by atoms with Crippen LogP contribution < -0.4 is 0 Å². The molecule has 1 rings (SSSR count). The Morgan fingerprint density at radius 1 is 1.33 bits per heavy atom. The summed E-state index contributed by atoms with van der Waals surface area (Å²) in [6, 6.07) is 9.12. The molecule has 0 heterocycles. The monoisotopic (exact) mass is 224 g/mol. The fourth-order valence-corrected chi connectivity index (χ4v) is 1.57. The highest BCUT2D eigenvalue weighted by Crippen LogP contribution is 2.18. The maximum atomic E-state index is 11.5. The number of thiol groups is 1. The molecule has 0 fully saturated rings. The third kappa shape index (κ3) is 3.40. The van der Waals surface area contributed by atoms with E-state index in [4.69, 9.17) is 0 Å². The van der Waals surface area contributed by atoms with Gasteiger partial charge in [0.15, 0.2) is 0 Å². The van der Waals surface area contributed by atoms with Gasteiger partial charge in [-0.1, -0.05) is 30.3 Å². The summed E-state index contributed by atoms with van der Waals surface area (Å²) in [6.45, 7) is 1.21. The van der Waals surface area contributed by atoms with Gasteiger partial charge < -0.3 is 4.74 Å². The highest BCUT2D eigenvalue weighted by Gasteiger charge is 2.21. The Morgan fingerprint density at radius 2 is 1.93 bits per heavy atom. The van der Waals surface area contributed by atoms with E-state index in [1.54, 1.807) is 0 Å². The van der Waals surface area contributed by atoms with Crippen molar-refractivity contribution in [3.8, 4) is 0 Å². The Kier molecular flexibility index (Phi) is 4.37. The molecule has 0 saturated carbocycles. The molecule has 1 aromatic carbocycles. The Bertz CT molecular complexity index is 348. The number of esters is 2. The maximum absolute atomic E-state index is 11.5. The van der Waals surface area contributed by atoms with E-state index >= 15 is 0 Å². The molecule has 0 spiro atoms. The molecule has 0 saturated heterocycles. The molecule has 1 unspecified atom stereocenters. The molecule has 0 N–H and O–H groups in total. The minimum absolute atomic E-state index is 0.316. The number of rotatable bonds is 3. The predicted octanol–water partition coefficient (Wildman–Crippen LogP) is 1.79. The third-order valence-corrected chi connectivity index (χ3v) is 2.28. The average Bonchev–Trinajstić information content (AvgIpc) is 2.19. The summed E-state index contributed by atoms with van der Waals surface area (Å²) in [5.41, 5.74) is 0.804. The summed E-state index contributed by atoms with van der Waals surface area (Å²) in [5, 5.41) is 0. The first kappa shape index (κ1) is 11.8. The van der Waals surface area contributed by atoms with Crippen LogP contribution in [0.25, 0.3) is 0 Å². The Hall–Kier alpha value is -1.29. The Labute approximate surface area is 93.8 Å². The minimum atomic E-state index is -0.595. The molecule has 1 atom stereocenters. The molecule has 0 aliphatic rings. The van der Waals surface area contributed by atoms with Gasteiger partial charge in [-0.2, -0.15) is 12.6 Å². The van der Waals surface area contributed by atoms with E-state index in [-0.39, 0.29) is 0 Å². The summed E-state index contributed by atoms with van der Waals surface area (Å²) in [7, 11) is 0. The number of carbonyl (C=O) groups excluding carboxylic acids is 2. The molecular formula is C11H12O3S. The van der Waals surface area contributed by atoms with Crippen molar-refractivity contribution in [3.63, 3.8) is 0 Å². The molecule has 4 heteroatoms. The second kappa shape index (κ2) is 5.56. The second-order valence-corrected chi connectivity index (χ2v) is 3.42. The van der Waals surface area contributed by atoms with E-state index in [1.807, 2.05) is 30.3 Å². The van der Waals surface area contributed by atoms with Crippen molar-refractivity contribution < 1.29 is 14.3 Å². The van der Waals surface area contributed by atoms with E-state index in [9.17, 15) is 9.59 Å². The van der Waals surface area contributed by atoms with Gasteiger partial charge in [0.2, 0.25) is 0 Å². The van der Waals surface area contributed by atoms with Crippen LogP contribution >= 0.6 is 12.6 Å². The lowest BCUT2D eigenvalue weighted by Crippen LogP contribution is -2.19. The summed E-state index contributed by atoms with van der Waals surface area (Å²) >= 11 is 4.08. The predicted molar refractivity (Wildman–Crippen MR) is 59.8 cm³/mol. The summed E-state index contributed by atoms with van der Waals surface area (Å²) in [6.07, 6.45) is 0. The molecule has 0 aliphatic heterocycles. The smallest absolute Gasteiger partial charge is 0.321 e. The number of hydrogen-bond donors (Lipinski definition) is 1. The highest BCUT2D eigenvalue weighted by atomic mass is 32.1. The molecule has 80 valence electrons. The van der Waals surface area contributed by atoms with Gasteiger partial charge in [-0.25, -0.2) is 0 Å². The van der Waals surface area contributed by atoms with E-state index in [2.05, 4.69) is 17.4 Å². The van der Waals surface area contributed by atoms with Crippen LogP contribution in [0.1, 0.15) is 18.4 Å². The zero-order valence-electron chi connectivity index (χ0n) is 8.34. The molecule has 1 aromatic rings. The topological polar surface area (TPSA) is 43.4 Å². The van der Waals surface area contributed by atoms with Crippen LogP contribution in [0.4, 0.5) is 0 Å². The van der Waals surface area contributed by atoms with Crippen molar-refractivity contribution >= 4 is 24.6 Å². The van der Waals surface area contributed by atoms with Crippen LogP contribution in [0.5, 0.6) is 0 Å². The summed E-state index contributed by atoms with van der Waals surface area (Å²) < 4.78 is 4.53. The van der Waals surface area contributed by atoms with Crippen molar-refractivity contribution in [2.24, 2.45) is 0 Å². The molecule has 3 nitrogen and oxygen atoms in total. The highest BCUT2D eigenvalue weighted by molar-refractivity contribution is 7.80. The lowest BCUT2D eigenvalue weighted by atomic mass is 10.0. The first-order chi connectivity index (χ1) is 7.15. The van der Waals surface area contributed by atoms with Crippen LogP contribution in [-0.2, 0) is 14.3 Å². The quantitative estimate of drug-likeness (QED) is 0.483. The molecule has 15 heavy (non-hydrogen) atoms. The number of benzene rings is 1. The van der Waals surface area contributed by atoms with Crippen molar-refractivity contribution in [2.75, 3.05) is 5.75 Å². The summed E-state index contributed by atoms with van der Waals surface area (Å²) in [4.78, 5) is 22.1. The van der Waals surface area contributed by atoms with E-state index in [0.29, 0.717) is 5.75 Å². The normalized spacial score (nSPS) is 11.9. The van der Waals surface area contributed by atoms with Gasteiger partial charge in [0, 0.05) is 12.7 Å². The van der Waals surface area contributed by atoms with Crippen molar-refractivity contribution in [1.29, 1.82) is 0 Å². The zero-order valence-corrected chi connectivity index (χ0v) is 9.24. The summed E-state index contributed by atoms with van der Waals surface area (Å²) in [5.74, 6) is -1.32. The van der Waals surface area contributed by atoms with Gasteiger partial charge in [-0.3, -0.25) is 9.59 Å². The Morgan fingerprint density at radius 3 is 2.40 bits per heavy atom. The fraction of sp³-hybridized carbons (Fsp3) is 0.273. The van der Waals surface area contributed by atoms with Gasteiger partial charge in [0.1, 0.15) is 0 Å². The largest absolute Gasteiger partial charge is 0.393 e. The molecule has 0 aromatic heterocycles. The van der Waals surface area contributed by atoms with Crippen molar-refractivity contribution in [1.82, 2.24) is 0 Å². The second-order valence-electron chi connectivity index (χ2n) is 3.06. The van der Waals surface area contributed by atoms with Crippen LogP contribution in [0.2, 0.25) is 0 Å². The molecule has 0 aliphatic carbocycles. The Balaban J connectivity index is 2.80. The molecule has 0 radical (unpaired) electrons. The van der Waals surface area contributed by atoms with E-state index in [0.717, 1.165) is 5.56 Å². The van der Waals surface area contributed by atoms with Crippen LogP contribution in [0.15, 0.2) is 30.3 Å². The van der Waals surface area contributed by atoms with Gasteiger partial charge in [-0.05, 0) is 5.56 Å². The first-order valence-electron chi connectivity index (χ1n) is 4.53. The standard InChI is InChI=1S/C11H12O3S/c1-8(12)14-11(13)10(7-15)9-5-3-2-4-6-9/h2-6,10,15H,7H2,1H3. The number of carbonyl (C=O) groups is 2. The third-order valence-electron chi connectivity index (χ3n) is 1.91. The number of hydrogen-bond acceptors (Lipinski definition) is 4. The zero-order chi connectivity index (χ0) is 11.3. The SMILES string of the molecule is CC(=O)OC(=O)C(CS)c1ccccc1. The van der Waals surface area contributed by atoms with Gasteiger partial charge >= 0.3 is 11.9 Å². The molecule has 0 amide bonds. The van der Waals surface area contributed by atoms with E-state index in [1.165, 1.54) is 6.92 Å². The van der Waals surface area contributed by atoms with Gasteiger partial charge in [0.05, 0.1) is 5.92 Å². The lowest BCUT2D eigenvalue weighted by molar-refractivity contribution is -0.158. The van der Waals surface area contributed by atoms with E-state index < -0.39 is 17.9 Å². The van der Waals surface area contributed by atoms with Crippen molar-refractivity contribution in [3.05, 3.63) is 35.9 Å². The first-order valence-corrected chi connectivity index (χ1v) is 5.16. The van der Waals surface area contributed by atoms with Crippen LogP contribution in [0.3, 0.4) is 0 Å². The molecule has 0 bridgehead atoms.